The highest BCUT2D eigenvalue weighted by Crippen LogP contribution is 2.37. The van der Waals surface area contributed by atoms with E-state index in [1.54, 1.807) is 6.26 Å². The Morgan fingerprint density at radius 2 is 1.76 bits per heavy atom. The van der Waals surface area contributed by atoms with Crippen LogP contribution in [0.25, 0.3) is 0 Å². The van der Waals surface area contributed by atoms with Crippen molar-refractivity contribution in [2.75, 3.05) is 26.0 Å². The van der Waals surface area contributed by atoms with Crippen molar-refractivity contribution in [2.45, 2.75) is 80.3 Å². The van der Waals surface area contributed by atoms with Crippen LogP contribution in [0.15, 0.2) is 60.7 Å². The maximum absolute atomic E-state index is 14.3. The van der Waals surface area contributed by atoms with Gasteiger partial charge in [-0.05, 0) is 85.0 Å². The van der Waals surface area contributed by atoms with Crippen molar-refractivity contribution in [3.8, 4) is 5.75 Å². The number of aliphatic hydroxyl groups is 3. The first-order chi connectivity index (χ1) is 22.1. The number of nitrogens with two attached hydrogens (primary N) is 1. The van der Waals surface area contributed by atoms with Gasteiger partial charge in [-0.15, -0.1) is 11.8 Å². The molecule has 0 spiro atoms. The van der Waals surface area contributed by atoms with Crippen LogP contribution in [0.1, 0.15) is 52.9 Å². The second-order valence-electron chi connectivity index (χ2n) is 12.6. The summed E-state index contributed by atoms with van der Waals surface area (Å²) in [7, 11) is 0. The smallest absolute Gasteiger partial charge is 0.132 e. The van der Waals surface area contributed by atoms with Gasteiger partial charge < -0.3 is 35.3 Å². The molecule has 3 aromatic rings. The summed E-state index contributed by atoms with van der Waals surface area (Å²) in [5, 5.41) is 31.3. The predicted molar refractivity (Wildman–Crippen MR) is 172 cm³/mol. The van der Waals surface area contributed by atoms with E-state index in [0.29, 0.717) is 19.4 Å². The molecule has 3 heterocycles. The van der Waals surface area contributed by atoms with E-state index in [-0.39, 0.29) is 17.7 Å². The van der Waals surface area contributed by atoms with Gasteiger partial charge in [0.1, 0.15) is 59.4 Å². The molecule has 9 atom stereocenters. The molecule has 0 aliphatic carbocycles. The fraction of sp³-hybridized carbons (Fsp3) is 0.486. The van der Waals surface area contributed by atoms with Gasteiger partial charge in [-0.25, -0.2) is 8.78 Å². The van der Waals surface area contributed by atoms with Gasteiger partial charge in [-0.2, -0.15) is 0 Å². The van der Waals surface area contributed by atoms with Gasteiger partial charge >= 0.3 is 0 Å². The number of halogens is 2. The summed E-state index contributed by atoms with van der Waals surface area (Å²) in [6, 6.07) is 16.9. The van der Waals surface area contributed by atoms with E-state index in [1.165, 1.54) is 17.8 Å². The third-order valence-corrected chi connectivity index (χ3v) is 10.3. The van der Waals surface area contributed by atoms with E-state index in [1.807, 2.05) is 49.4 Å². The van der Waals surface area contributed by atoms with Crippen molar-refractivity contribution in [1.82, 2.24) is 4.90 Å². The molecule has 3 aliphatic rings. The molecule has 6 rings (SSSR count). The summed E-state index contributed by atoms with van der Waals surface area (Å²) < 4.78 is 46.3. The Hall–Kier alpha value is -2.61. The number of hydrogen-bond donors (Lipinski definition) is 4. The van der Waals surface area contributed by atoms with Crippen LogP contribution >= 0.6 is 11.8 Å². The number of thioether (sulfide) groups is 1. The van der Waals surface area contributed by atoms with E-state index < -0.39 is 53.6 Å². The molecule has 0 amide bonds. The van der Waals surface area contributed by atoms with E-state index in [0.717, 1.165) is 59.6 Å². The van der Waals surface area contributed by atoms with Crippen LogP contribution in [0.3, 0.4) is 0 Å². The molecule has 0 aromatic heterocycles. The fourth-order valence-electron chi connectivity index (χ4n) is 6.81. The summed E-state index contributed by atoms with van der Waals surface area (Å²) in [6.45, 7) is 3.99. The van der Waals surface area contributed by atoms with Gasteiger partial charge in [0, 0.05) is 30.7 Å². The van der Waals surface area contributed by atoms with Gasteiger partial charge in [-0.3, -0.25) is 4.90 Å². The molecule has 8 nitrogen and oxygen atoms in total. The zero-order chi connectivity index (χ0) is 32.5. The number of likely N-dealkylation sites (tertiary alicyclic amines) is 1. The number of nitrogens with zero attached hydrogens (tertiary/aromatic N) is 1. The molecule has 248 valence electrons. The molecule has 0 saturated carbocycles. The molecule has 3 saturated heterocycles. The minimum atomic E-state index is -1.29. The van der Waals surface area contributed by atoms with Crippen LogP contribution in [0.2, 0.25) is 0 Å². The van der Waals surface area contributed by atoms with Crippen molar-refractivity contribution in [3.63, 3.8) is 0 Å². The topological polar surface area (TPSA) is 118 Å². The number of ether oxygens (including phenoxy) is 3. The van der Waals surface area contributed by atoms with Gasteiger partial charge in [0.05, 0.1) is 6.61 Å². The summed E-state index contributed by atoms with van der Waals surface area (Å²) in [4.78, 5) is 2.31. The molecule has 0 radical (unpaired) electrons. The molecule has 1 unspecified atom stereocenters. The van der Waals surface area contributed by atoms with Gasteiger partial charge in [0.15, 0.2) is 0 Å². The normalized spacial score (nSPS) is 32.0. The average Bonchev–Trinajstić information content (AvgIpc) is 3.52. The summed E-state index contributed by atoms with van der Waals surface area (Å²) in [5.41, 5.74) is 9.95. The van der Waals surface area contributed by atoms with Crippen LogP contribution in [0, 0.1) is 18.6 Å². The summed E-state index contributed by atoms with van der Waals surface area (Å²) in [5.74, 6) is -0.233. The Morgan fingerprint density at radius 1 is 0.978 bits per heavy atom. The maximum Gasteiger partial charge on any atom is 0.132 e. The third kappa shape index (κ3) is 7.12. The second-order valence-corrected chi connectivity index (χ2v) is 13.6. The standard InChI is InChI=1S/C35H42F2N2O6S/c1-19-3-6-21(33-31(41)30(40)32(42)35(45-33)46-2)14-22(19)13-20-4-8-25(9-5-20)44-26-11-12-39(17-26)24-16-29(38)34(43-18-24)27-15-23(36)7-10-28(27)37/h3-10,14-15,24,26,29-35,40-42H,11-13,16-18,38H2,1-2H3/t24?,26-,29+,30-,31-,32+,33+,34-,35-/m1/s1. The van der Waals surface area contributed by atoms with Crippen LogP contribution < -0.4 is 10.5 Å². The Balaban J connectivity index is 1.03. The number of aryl methyl sites for hydroxylation is 1. The molecule has 3 fully saturated rings. The molecule has 3 aliphatic heterocycles. The second kappa shape index (κ2) is 14.2. The highest BCUT2D eigenvalue weighted by molar-refractivity contribution is 7.99. The molecule has 5 N–H and O–H groups in total. The fourth-order valence-corrected chi connectivity index (χ4v) is 7.48. The Morgan fingerprint density at radius 3 is 2.50 bits per heavy atom. The molecule has 11 heteroatoms. The quantitative estimate of drug-likeness (QED) is 0.285. The zero-order valence-electron chi connectivity index (χ0n) is 26.0. The van der Waals surface area contributed by atoms with Crippen LogP contribution in [-0.2, 0) is 15.9 Å². The first-order valence-corrected chi connectivity index (χ1v) is 17.0. The van der Waals surface area contributed by atoms with E-state index >= 15 is 0 Å². The lowest BCUT2D eigenvalue weighted by Crippen LogP contribution is -2.52. The highest BCUT2D eigenvalue weighted by atomic mass is 32.2. The number of aliphatic hydroxyl groups excluding tert-OH is 3. The van der Waals surface area contributed by atoms with Gasteiger partial charge in [0.2, 0.25) is 0 Å². The minimum Gasteiger partial charge on any atom is -0.489 e. The summed E-state index contributed by atoms with van der Waals surface area (Å²) in [6.07, 6.45) is -1.15. The van der Waals surface area contributed by atoms with Crippen molar-refractivity contribution in [2.24, 2.45) is 5.73 Å². The van der Waals surface area contributed by atoms with Crippen molar-refractivity contribution in [3.05, 3.63) is 100 Å². The van der Waals surface area contributed by atoms with E-state index in [9.17, 15) is 24.1 Å². The molecular weight excluding hydrogens is 614 g/mol. The average molecular weight is 657 g/mol. The number of benzene rings is 3. The SMILES string of the molecule is CS[C@H]1O[C@@H](c2ccc(C)c(Cc3ccc(O[C@@H]4CCN(C5CO[C@H](c6cc(F)ccc6F)[C@@H](N)C5)C4)cc3)c2)[C@H](O)[C@@H](O)[C@@H]1O. The maximum atomic E-state index is 14.3. The Labute approximate surface area is 272 Å². The Kier molecular flexibility index (Phi) is 10.3. The first kappa shape index (κ1) is 33.3. The van der Waals surface area contributed by atoms with E-state index in [2.05, 4.69) is 4.90 Å². The molecule has 3 aromatic carbocycles. The first-order valence-electron chi connectivity index (χ1n) is 15.7. The third-order valence-electron chi connectivity index (χ3n) is 9.48. The van der Waals surface area contributed by atoms with Crippen LogP contribution in [0.5, 0.6) is 5.75 Å². The van der Waals surface area contributed by atoms with Crippen LogP contribution in [0.4, 0.5) is 8.78 Å². The van der Waals surface area contributed by atoms with Crippen LogP contribution in [-0.4, -0.2) is 88.1 Å². The summed E-state index contributed by atoms with van der Waals surface area (Å²) >= 11 is 1.30. The lowest BCUT2D eigenvalue weighted by atomic mass is 9.91. The molecule has 46 heavy (non-hydrogen) atoms. The zero-order valence-corrected chi connectivity index (χ0v) is 26.8. The van der Waals surface area contributed by atoms with Crippen molar-refractivity contribution < 1.29 is 38.3 Å². The number of rotatable bonds is 8. The highest BCUT2D eigenvalue weighted by Gasteiger charge is 2.44. The Bertz CT molecular complexity index is 1500. The molecular formula is C35H42F2N2O6S. The lowest BCUT2D eigenvalue weighted by molar-refractivity contribution is -0.200. The largest absolute Gasteiger partial charge is 0.489 e. The monoisotopic (exact) mass is 656 g/mol. The predicted octanol–water partition coefficient (Wildman–Crippen LogP) is 4.02. The number of hydrogen-bond acceptors (Lipinski definition) is 9. The van der Waals surface area contributed by atoms with Crippen molar-refractivity contribution in [1.29, 1.82) is 0 Å². The van der Waals surface area contributed by atoms with Gasteiger partial charge in [-0.1, -0.05) is 30.3 Å². The van der Waals surface area contributed by atoms with Gasteiger partial charge in [0.25, 0.3) is 0 Å². The molecule has 0 bridgehead atoms. The minimum absolute atomic E-state index is 0.0142. The lowest BCUT2D eigenvalue weighted by Gasteiger charge is -2.40. The van der Waals surface area contributed by atoms with E-state index in [4.69, 9.17) is 19.9 Å². The van der Waals surface area contributed by atoms with Crippen molar-refractivity contribution >= 4 is 11.8 Å².